The lowest BCUT2D eigenvalue weighted by molar-refractivity contribution is -0.140. The first-order valence-electron chi connectivity index (χ1n) is 12.8. The van der Waals surface area contributed by atoms with Gasteiger partial charge in [-0.3, -0.25) is 4.79 Å². The number of fused-ring (bicyclic) bond motifs is 1. The first-order valence-corrected chi connectivity index (χ1v) is 12.8. The van der Waals surface area contributed by atoms with E-state index in [-0.39, 0.29) is 30.2 Å². The quantitative estimate of drug-likeness (QED) is 0.279. The van der Waals surface area contributed by atoms with E-state index in [1.807, 2.05) is 42.5 Å². The maximum absolute atomic E-state index is 15.1. The Bertz CT molecular complexity index is 1340. The van der Waals surface area contributed by atoms with Crippen molar-refractivity contribution >= 4 is 5.97 Å². The van der Waals surface area contributed by atoms with Crippen LogP contribution in [0.3, 0.4) is 0 Å². The molecule has 1 aliphatic heterocycles. The van der Waals surface area contributed by atoms with E-state index >= 15 is 4.39 Å². The lowest BCUT2D eigenvalue weighted by Crippen LogP contribution is -2.16. The Morgan fingerprint density at radius 2 is 1.97 bits per heavy atom. The molecule has 0 saturated carbocycles. The average molecular weight is 516 g/mol. The highest BCUT2D eigenvalue weighted by atomic mass is 19.1. The van der Waals surface area contributed by atoms with Crippen LogP contribution in [0.25, 0.3) is 11.1 Å². The fourth-order valence-electron chi connectivity index (χ4n) is 5.07. The van der Waals surface area contributed by atoms with Gasteiger partial charge < -0.3 is 18.9 Å². The molecule has 1 fully saturated rings. The van der Waals surface area contributed by atoms with Gasteiger partial charge in [-0.15, -0.1) is 5.92 Å². The number of rotatable bonds is 8. The largest absolute Gasteiger partial charge is 0.486 e. The molecule has 2 unspecified atom stereocenters. The molecule has 3 aromatic rings. The lowest BCUT2D eigenvalue weighted by atomic mass is 9.96. The normalized spacial score (nSPS) is 18.7. The van der Waals surface area contributed by atoms with Gasteiger partial charge in [-0.25, -0.2) is 9.37 Å². The molecule has 5 rings (SSSR count). The Balaban J connectivity index is 1.32. The van der Waals surface area contributed by atoms with Crippen LogP contribution >= 0.6 is 0 Å². The number of carbonyl (C=O) groups is 1. The maximum Gasteiger partial charge on any atom is 0.307 e. The Hall–Kier alpha value is -3.89. The van der Waals surface area contributed by atoms with Gasteiger partial charge in [0.1, 0.15) is 23.8 Å². The molecule has 7 heteroatoms. The monoisotopic (exact) mass is 515 g/mol. The average Bonchev–Trinajstić information content (AvgIpc) is 3.60. The van der Waals surface area contributed by atoms with Crippen molar-refractivity contribution < 1.29 is 28.1 Å². The van der Waals surface area contributed by atoms with Crippen molar-refractivity contribution in [3.63, 3.8) is 0 Å². The van der Waals surface area contributed by atoms with E-state index in [1.165, 1.54) is 13.2 Å². The van der Waals surface area contributed by atoms with Crippen LogP contribution in [0.4, 0.5) is 4.39 Å². The van der Waals surface area contributed by atoms with Crippen molar-refractivity contribution in [1.82, 2.24) is 4.98 Å². The number of hydrogen-bond donors (Lipinski definition) is 0. The smallest absolute Gasteiger partial charge is 0.307 e. The van der Waals surface area contributed by atoms with Crippen LogP contribution in [-0.2, 0) is 20.7 Å². The number of nitrogens with zero attached hydrogens (tertiary/aromatic N) is 1. The molecular formula is C31H30FNO5. The summed E-state index contributed by atoms with van der Waals surface area (Å²) >= 11 is 0. The number of carbonyl (C=O) groups excluding carboxylic acids is 1. The highest BCUT2D eigenvalue weighted by molar-refractivity contribution is 5.71. The minimum absolute atomic E-state index is 0.0358. The molecule has 2 aromatic carbocycles. The molecule has 1 saturated heterocycles. The fourth-order valence-corrected chi connectivity index (χ4v) is 5.07. The number of esters is 1. The van der Waals surface area contributed by atoms with Crippen molar-refractivity contribution in [3.8, 4) is 34.6 Å². The highest BCUT2D eigenvalue weighted by Crippen LogP contribution is 2.42. The topological polar surface area (TPSA) is 66.9 Å². The van der Waals surface area contributed by atoms with Gasteiger partial charge in [-0.05, 0) is 60.7 Å². The summed E-state index contributed by atoms with van der Waals surface area (Å²) in [6.07, 6.45) is 3.83. The lowest BCUT2D eigenvalue weighted by Gasteiger charge is -2.18. The molecule has 38 heavy (non-hydrogen) atoms. The van der Waals surface area contributed by atoms with Gasteiger partial charge >= 0.3 is 5.97 Å². The first-order chi connectivity index (χ1) is 18.6. The number of pyridine rings is 1. The summed E-state index contributed by atoms with van der Waals surface area (Å²) in [7, 11) is 1.37. The van der Waals surface area contributed by atoms with E-state index in [1.54, 1.807) is 13.1 Å². The van der Waals surface area contributed by atoms with Crippen LogP contribution in [0.2, 0.25) is 0 Å². The summed E-state index contributed by atoms with van der Waals surface area (Å²) < 4.78 is 37.3. The third-order valence-corrected chi connectivity index (χ3v) is 6.98. The van der Waals surface area contributed by atoms with Crippen LogP contribution < -0.4 is 9.47 Å². The van der Waals surface area contributed by atoms with E-state index in [4.69, 9.17) is 18.9 Å². The Morgan fingerprint density at radius 3 is 2.66 bits per heavy atom. The molecule has 6 nitrogen and oxygen atoms in total. The molecule has 1 aromatic heterocycles. The van der Waals surface area contributed by atoms with Gasteiger partial charge in [-0.1, -0.05) is 24.1 Å². The van der Waals surface area contributed by atoms with Crippen LogP contribution in [-0.4, -0.2) is 37.4 Å². The van der Waals surface area contributed by atoms with Crippen LogP contribution in [0.15, 0.2) is 54.7 Å². The molecular weight excluding hydrogens is 485 g/mol. The zero-order chi connectivity index (χ0) is 26.5. The number of hydrogen-bond acceptors (Lipinski definition) is 6. The van der Waals surface area contributed by atoms with Crippen molar-refractivity contribution in [1.29, 1.82) is 0 Å². The molecule has 0 spiro atoms. The molecule has 1 aliphatic carbocycles. The van der Waals surface area contributed by atoms with Crippen molar-refractivity contribution in [2.45, 2.75) is 50.7 Å². The highest BCUT2D eigenvalue weighted by Gasteiger charge is 2.30. The van der Waals surface area contributed by atoms with Gasteiger partial charge in [0.2, 0.25) is 5.88 Å². The molecule has 3 atom stereocenters. The zero-order valence-electron chi connectivity index (χ0n) is 21.5. The molecule has 0 amide bonds. The summed E-state index contributed by atoms with van der Waals surface area (Å²) in [5, 5.41) is 0. The van der Waals surface area contributed by atoms with E-state index in [2.05, 4.69) is 16.8 Å². The zero-order valence-corrected chi connectivity index (χ0v) is 21.5. The minimum atomic E-state index is -0.393. The van der Waals surface area contributed by atoms with Gasteiger partial charge in [0.15, 0.2) is 0 Å². The minimum Gasteiger partial charge on any atom is -0.486 e. The Labute approximate surface area is 222 Å². The summed E-state index contributed by atoms with van der Waals surface area (Å²) in [6, 6.07) is 14.6. The van der Waals surface area contributed by atoms with Crippen molar-refractivity contribution in [2.75, 3.05) is 20.3 Å². The predicted octanol–water partition coefficient (Wildman–Crippen LogP) is 5.79. The SMILES string of the molecule is CC#CC(CC(=O)OC)c1ccc(O[C@@H]2CCc3c(-c4ccc(OC5CCOC5)nc4)ccc(F)c32)cc1. The second kappa shape index (κ2) is 11.7. The second-order valence-corrected chi connectivity index (χ2v) is 9.42. The number of methoxy groups -OCH3 is 1. The number of ether oxygens (including phenoxy) is 4. The Morgan fingerprint density at radius 1 is 1.13 bits per heavy atom. The fraction of sp³-hybridized carbons (Fsp3) is 0.355. The summed E-state index contributed by atoms with van der Waals surface area (Å²) in [4.78, 5) is 16.2. The second-order valence-electron chi connectivity index (χ2n) is 9.42. The van der Waals surface area contributed by atoms with Crippen molar-refractivity contribution in [3.05, 3.63) is 77.2 Å². The van der Waals surface area contributed by atoms with Crippen molar-refractivity contribution in [2.24, 2.45) is 0 Å². The number of halogens is 1. The summed E-state index contributed by atoms with van der Waals surface area (Å²) in [5.74, 6) is 6.29. The predicted molar refractivity (Wildman–Crippen MR) is 140 cm³/mol. The van der Waals surface area contributed by atoms with Crippen LogP contribution in [0, 0.1) is 17.7 Å². The van der Waals surface area contributed by atoms with E-state index < -0.39 is 6.10 Å². The van der Waals surface area contributed by atoms with Gasteiger partial charge in [-0.2, -0.15) is 0 Å². The van der Waals surface area contributed by atoms with Gasteiger partial charge in [0.25, 0.3) is 0 Å². The summed E-state index contributed by atoms with van der Waals surface area (Å²) in [5.41, 5.74) is 4.31. The van der Waals surface area contributed by atoms with Gasteiger partial charge in [0.05, 0.1) is 32.7 Å². The molecule has 2 heterocycles. The third-order valence-electron chi connectivity index (χ3n) is 6.98. The number of aromatic nitrogens is 1. The van der Waals surface area contributed by atoms with E-state index in [0.29, 0.717) is 43.2 Å². The van der Waals surface area contributed by atoms with E-state index in [9.17, 15) is 4.79 Å². The Kier molecular flexibility index (Phi) is 7.90. The summed E-state index contributed by atoms with van der Waals surface area (Å²) in [6.45, 7) is 3.04. The van der Waals surface area contributed by atoms with Crippen LogP contribution in [0.1, 0.15) is 54.9 Å². The molecule has 0 bridgehead atoms. The van der Waals surface area contributed by atoms with E-state index in [0.717, 1.165) is 28.7 Å². The molecule has 196 valence electrons. The molecule has 0 N–H and O–H groups in total. The molecule has 0 radical (unpaired) electrons. The molecule has 2 aliphatic rings. The standard InChI is InChI=1S/C31H30FNO5/c1-3-4-21(17-30(34)35-2)20-5-8-23(9-6-20)37-28-13-11-26-25(10-12-27(32)31(26)28)22-7-14-29(33-18-22)38-24-15-16-36-19-24/h5-10,12,14,18,21,24,28H,11,13,15-17,19H2,1-2H3/t21?,24?,28-/m1/s1. The van der Waals surface area contributed by atoms with Crippen LogP contribution in [0.5, 0.6) is 11.6 Å². The third kappa shape index (κ3) is 5.66. The van der Waals surface area contributed by atoms with Gasteiger partial charge in [0, 0.05) is 29.8 Å². The number of benzene rings is 2. The first kappa shape index (κ1) is 25.7. The maximum atomic E-state index is 15.1.